The number of thiazole rings is 1. The highest BCUT2D eigenvalue weighted by Crippen LogP contribution is 2.24. The van der Waals surface area contributed by atoms with Crippen LogP contribution in [-0.4, -0.2) is 30.5 Å². The Bertz CT molecular complexity index is 575. The van der Waals surface area contributed by atoms with Crippen molar-refractivity contribution in [3.8, 4) is 10.6 Å². The summed E-state index contributed by atoms with van der Waals surface area (Å²) in [6, 6.07) is 7.42. The molecule has 0 atom stereocenters. The summed E-state index contributed by atoms with van der Waals surface area (Å²) in [4.78, 5) is 16.2. The van der Waals surface area contributed by atoms with Gasteiger partial charge in [0.15, 0.2) is 0 Å². The zero-order valence-electron chi connectivity index (χ0n) is 12.0. The van der Waals surface area contributed by atoms with E-state index in [4.69, 9.17) is 11.6 Å². The van der Waals surface area contributed by atoms with Crippen LogP contribution in [0.1, 0.15) is 17.4 Å². The fourth-order valence-corrected chi connectivity index (χ4v) is 2.57. The molecule has 0 saturated carbocycles. The molecule has 0 aliphatic rings. The number of carbonyl (C=O) groups is 1. The molecule has 0 aliphatic carbocycles. The molecule has 0 unspecified atom stereocenters. The van der Waals surface area contributed by atoms with E-state index in [1.54, 1.807) is 5.38 Å². The molecule has 0 spiro atoms. The van der Waals surface area contributed by atoms with Crippen molar-refractivity contribution in [1.82, 2.24) is 15.6 Å². The van der Waals surface area contributed by atoms with E-state index in [0.717, 1.165) is 23.7 Å². The molecule has 0 saturated heterocycles. The molecular formula is C14H18Cl3N3OS. The highest BCUT2D eigenvalue weighted by molar-refractivity contribution is 7.13. The maximum absolute atomic E-state index is 11.9. The maximum Gasteiger partial charge on any atom is 0.270 e. The molecule has 0 radical (unpaired) electrons. The first-order valence-corrected chi connectivity index (χ1v) is 7.67. The van der Waals surface area contributed by atoms with E-state index in [1.165, 1.54) is 11.3 Å². The van der Waals surface area contributed by atoms with Crippen molar-refractivity contribution in [1.29, 1.82) is 0 Å². The fourth-order valence-electron chi connectivity index (χ4n) is 1.63. The Labute approximate surface area is 151 Å². The second kappa shape index (κ2) is 10.8. The van der Waals surface area contributed by atoms with Gasteiger partial charge in [-0.3, -0.25) is 4.79 Å². The van der Waals surface area contributed by atoms with Gasteiger partial charge in [-0.15, -0.1) is 36.2 Å². The third-order valence-electron chi connectivity index (χ3n) is 2.67. The summed E-state index contributed by atoms with van der Waals surface area (Å²) in [7, 11) is 0. The smallest absolute Gasteiger partial charge is 0.270 e. The van der Waals surface area contributed by atoms with Gasteiger partial charge in [-0.25, -0.2) is 4.98 Å². The topological polar surface area (TPSA) is 54.0 Å². The normalized spacial score (nSPS) is 9.55. The zero-order chi connectivity index (χ0) is 14.4. The Hall–Kier alpha value is -0.850. The van der Waals surface area contributed by atoms with Crippen LogP contribution in [0.25, 0.3) is 10.6 Å². The van der Waals surface area contributed by atoms with E-state index in [1.807, 2.05) is 31.2 Å². The Balaban J connectivity index is 0.00000220. The molecule has 1 aromatic carbocycles. The van der Waals surface area contributed by atoms with E-state index in [9.17, 15) is 4.79 Å². The average Bonchev–Trinajstić information content (AvgIpc) is 2.94. The molecule has 0 bridgehead atoms. The van der Waals surface area contributed by atoms with Gasteiger partial charge in [0, 0.05) is 29.1 Å². The lowest BCUT2D eigenvalue weighted by molar-refractivity contribution is 0.0950. The Morgan fingerprint density at radius 2 is 1.91 bits per heavy atom. The van der Waals surface area contributed by atoms with Crippen LogP contribution in [0, 0.1) is 0 Å². The van der Waals surface area contributed by atoms with Crippen molar-refractivity contribution >= 4 is 53.7 Å². The lowest BCUT2D eigenvalue weighted by Gasteiger charge is -2.03. The first-order valence-electron chi connectivity index (χ1n) is 6.41. The Morgan fingerprint density at radius 1 is 1.23 bits per heavy atom. The quantitative estimate of drug-likeness (QED) is 0.750. The largest absolute Gasteiger partial charge is 0.349 e. The standard InChI is InChI=1S/C14H16ClN3OS.2ClH/c1-2-16-7-8-17-13(19)12-9-20-14(18-12)10-3-5-11(15)6-4-10;;/h3-6,9,16H,2,7-8H2,1H3,(H,17,19);2*1H. The highest BCUT2D eigenvalue weighted by Gasteiger charge is 2.11. The van der Waals surface area contributed by atoms with E-state index in [0.29, 0.717) is 17.3 Å². The molecular weight excluding hydrogens is 365 g/mol. The van der Waals surface area contributed by atoms with Crippen LogP contribution in [0.15, 0.2) is 29.6 Å². The molecule has 2 aromatic rings. The van der Waals surface area contributed by atoms with Gasteiger partial charge >= 0.3 is 0 Å². The second-order valence-electron chi connectivity index (χ2n) is 4.15. The molecule has 1 aromatic heterocycles. The van der Waals surface area contributed by atoms with E-state index in [2.05, 4.69) is 15.6 Å². The number of carbonyl (C=O) groups excluding carboxylic acids is 1. The minimum atomic E-state index is -0.139. The molecule has 0 aliphatic heterocycles. The van der Waals surface area contributed by atoms with Gasteiger partial charge in [0.2, 0.25) is 0 Å². The SMILES string of the molecule is CCNCCNC(=O)c1csc(-c2ccc(Cl)cc2)n1.Cl.Cl. The van der Waals surface area contributed by atoms with E-state index >= 15 is 0 Å². The number of aromatic nitrogens is 1. The summed E-state index contributed by atoms with van der Waals surface area (Å²) < 4.78 is 0. The van der Waals surface area contributed by atoms with Crippen LogP contribution in [0.2, 0.25) is 5.02 Å². The van der Waals surface area contributed by atoms with Crippen molar-refractivity contribution in [3.63, 3.8) is 0 Å². The van der Waals surface area contributed by atoms with Crippen molar-refractivity contribution in [2.24, 2.45) is 0 Å². The second-order valence-corrected chi connectivity index (χ2v) is 5.45. The molecule has 2 rings (SSSR count). The molecule has 8 heteroatoms. The number of nitrogens with zero attached hydrogens (tertiary/aromatic N) is 1. The number of hydrogen-bond donors (Lipinski definition) is 2. The highest BCUT2D eigenvalue weighted by atomic mass is 35.5. The van der Waals surface area contributed by atoms with Crippen LogP contribution < -0.4 is 10.6 Å². The fraction of sp³-hybridized carbons (Fsp3) is 0.286. The predicted octanol–water partition coefficient (Wildman–Crippen LogP) is 3.65. The van der Waals surface area contributed by atoms with Gasteiger partial charge in [0.05, 0.1) is 0 Å². The molecule has 22 heavy (non-hydrogen) atoms. The van der Waals surface area contributed by atoms with Crippen LogP contribution in [0.3, 0.4) is 0 Å². The first-order chi connectivity index (χ1) is 9.70. The third kappa shape index (κ3) is 6.10. The molecule has 4 nitrogen and oxygen atoms in total. The van der Waals surface area contributed by atoms with Gasteiger partial charge in [0.25, 0.3) is 5.91 Å². The number of benzene rings is 1. The van der Waals surface area contributed by atoms with Crippen LogP contribution in [-0.2, 0) is 0 Å². The van der Waals surface area contributed by atoms with E-state index in [-0.39, 0.29) is 30.7 Å². The van der Waals surface area contributed by atoms with Crippen molar-refractivity contribution in [2.75, 3.05) is 19.6 Å². The van der Waals surface area contributed by atoms with Gasteiger partial charge in [-0.2, -0.15) is 0 Å². The van der Waals surface area contributed by atoms with Crippen LogP contribution in [0.5, 0.6) is 0 Å². The van der Waals surface area contributed by atoms with Crippen LogP contribution >= 0.6 is 47.8 Å². The summed E-state index contributed by atoms with van der Waals surface area (Å²) in [5, 5.41) is 9.25. The maximum atomic E-state index is 11.9. The number of hydrogen-bond acceptors (Lipinski definition) is 4. The number of rotatable bonds is 6. The number of nitrogens with one attached hydrogen (secondary N) is 2. The molecule has 122 valence electrons. The van der Waals surface area contributed by atoms with Gasteiger partial charge < -0.3 is 10.6 Å². The molecule has 1 heterocycles. The summed E-state index contributed by atoms with van der Waals surface area (Å²) in [5.74, 6) is -0.139. The lowest BCUT2D eigenvalue weighted by Crippen LogP contribution is -2.31. The average molecular weight is 383 g/mol. The lowest BCUT2D eigenvalue weighted by atomic mass is 10.2. The monoisotopic (exact) mass is 381 g/mol. The van der Waals surface area contributed by atoms with Crippen LogP contribution in [0.4, 0.5) is 0 Å². The van der Waals surface area contributed by atoms with Gasteiger partial charge in [-0.1, -0.05) is 30.7 Å². The third-order valence-corrected chi connectivity index (χ3v) is 3.81. The summed E-state index contributed by atoms with van der Waals surface area (Å²) >= 11 is 7.30. The molecule has 2 N–H and O–H groups in total. The first kappa shape index (κ1) is 21.1. The zero-order valence-corrected chi connectivity index (χ0v) is 15.2. The summed E-state index contributed by atoms with van der Waals surface area (Å²) in [5.41, 5.74) is 1.42. The number of likely N-dealkylation sites (N-methyl/N-ethyl adjacent to an activating group) is 1. The van der Waals surface area contributed by atoms with Crippen molar-refractivity contribution in [2.45, 2.75) is 6.92 Å². The van der Waals surface area contributed by atoms with E-state index < -0.39 is 0 Å². The van der Waals surface area contributed by atoms with Gasteiger partial charge in [0.1, 0.15) is 10.7 Å². The minimum absolute atomic E-state index is 0. The molecule has 0 fully saturated rings. The predicted molar refractivity (Wildman–Crippen MR) is 97.9 cm³/mol. The summed E-state index contributed by atoms with van der Waals surface area (Å²) in [6.07, 6.45) is 0. The Morgan fingerprint density at radius 3 is 2.55 bits per heavy atom. The number of halogens is 3. The minimum Gasteiger partial charge on any atom is -0.349 e. The van der Waals surface area contributed by atoms with Crippen molar-refractivity contribution < 1.29 is 4.79 Å². The summed E-state index contributed by atoms with van der Waals surface area (Å²) in [6.45, 7) is 4.28. The molecule has 1 amide bonds. The number of amides is 1. The van der Waals surface area contributed by atoms with Gasteiger partial charge in [-0.05, 0) is 18.7 Å². The van der Waals surface area contributed by atoms with Crippen molar-refractivity contribution in [3.05, 3.63) is 40.4 Å². The Kier molecular flexibility index (Phi) is 10.4.